The van der Waals surface area contributed by atoms with Gasteiger partial charge in [-0.2, -0.15) is 5.10 Å². The normalized spacial score (nSPS) is 24.9. The highest BCUT2D eigenvalue weighted by Crippen LogP contribution is 2.40. The lowest BCUT2D eigenvalue weighted by Gasteiger charge is -2.31. The molecule has 104 valence electrons. The smallest absolute Gasteiger partial charge is 0.266 e. The summed E-state index contributed by atoms with van der Waals surface area (Å²) in [5.41, 5.74) is 4.96. The zero-order valence-corrected chi connectivity index (χ0v) is 11.5. The molecule has 2 aromatic rings. The van der Waals surface area contributed by atoms with Gasteiger partial charge < -0.3 is 0 Å². The number of benzene rings is 1. The molecule has 2 atom stereocenters. The standard InChI is InChI=1S/C17H15N3O/c21-17(20-19-16-10-12-5-3-6-13(12)16)15-9-8-11-4-1-2-7-14(11)18-15/h1-5,7-9,12-13H,6,10H2,(H,20,21)/b19-16-/t12-,13+/m1/s1. The number of nitrogens with zero attached hydrogens (tertiary/aromatic N) is 2. The Hall–Kier alpha value is -2.49. The van der Waals surface area contributed by atoms with Gasteiger partial charge in [0.2, 0.25) is 0 Å². The van der Waals surface area contributed by atoms with E-state index in [1.165, 1.54) is 0 Å². The molecule has 0 spiro atoms. The molecule has 4 rings (SSSR count). The number of allylic oxidation sites excluding steroid dienone is 2. The molecule has 1 N–H and O–H groups in total. The lowest BCUT2D eigenvalue weighted by Crippen LogP contribution is -2.35. The number of pyridine rings is 1. The molecule has 0 aliphatic heterocycles. The van der Waals surface area contributed by atoms with Gasteiger partial charge in [0, 0.05) is 17.0 Å². The quantitative estimate of drug-likeness (QED) is 0.678. The van der Waals surface area contributed by atoms with Crippen LogP contribution in [0, 0.1) is 11.8 Å². The number of para-hydroxylation sites is 1. The summed E-state index contributed by atoms with van der Waals surface area (Å²) in [6.45, 7) is 0. The van der Waals surface area contributed by atoms with Gasteiger partial charge in [-0.05, 0) is 30.9 Å². The topological polar surface area (TPSA) is 54.4 Å². The van der Waals surface area contributed by atoms with Crippen molar-refractivity contribution in [1.82, 2.24) is 10.4 Å². The monoisotopic (exact) mass is 277 g/mol. The largest absolute Gasteiger partial charge is 0.289 e. The van der Waals surface area contributed by atoms with Crippen molar-refractivity contribution in [3.63, 3.8) is 0 Å². The fourth-order valence-electron chi connectivity index (χ4n) is 3.04. The third kappa shape index (κ3) is 2.13. The number of carbonyl (C=O) groups excluding carboxylic acids is 1. The number of hydrazone groups is 1. The Morgan fingerprint density at radius 3 is 3.05 bits per heavy atom. The molecule has 0 unspecified atom stereocenters. The second-order valence-corrected chi connectivity index (χ2v) is 5.57. The van der Waals surface area contributed by atoms with Crippen LogP contribution in [0.5, 0.6) is 0 Å². The van der Waals surface area contributed by atoms with Crippen LogP contribution in [0.25, 0.3) is 10.9 Å². The molecule has 4 heteroatoms. The minimum absolute atomic E-state index is 0.248. The third-order valence-corrected chi connectivity index (χ3v) is 4.30. The Morgan fingerprint density at radius 2 is 2.14 bits per heavy atom. The van der Waals surface area contributed by atoms with Gasteiger partial charge >= 0.3 is 0 Å². The molecule has 0 saturated heterocycles. The fourth-order valence-corrected chi connectivity index (χ4v) is 3.04. The lowest BCUT2D eigenvalue weighted by molar-refractivity contribution is 0.0949. The van der Waals surface area contributed by atoms with Gasteiger partial charge in [-0.1, -0.05) is 36.4 Å². The van der Waals surface area contributed by atoms with Crippen molar-refractivity contribution in [3.8, 4) is 0 Å². The van der Waals surface area contributed by atoms with E-state index >= 15 is 0 Å². The third-order valence-electron chi connectivity index (χ3n) is 4.30. The number of nitrogens with one attached hydrogen (secondary N) is 1. The van der Waals surface area contributed by atoms with E-state index < -0.39 is 0 Å². The molecule has 1 amide bonds. The van der Waals surface area contributed by atoms with E-state index in [9.17, 15) is 4.79 Å². The number of carbonyl (C=O) groups is 1. The summed E-state index contributed by atoms with van der Waals surface area (Å²) in [6.07, 6.45) is 6.46. The SMILES string of the molecule is O=C(N/N=C1/C[C@H]2C=CC[C@H]12)c1ccc2ccccc2n1. The van der Waals surface area contributed by atoms with Crippen molar-refractivity contribution in [2.75, 3.05) is 0 Å². The average Bonchev–Trinajstić information content (AvgIpc) is 2.88. The maximum Gasteiger partial charge on any atom is 0.289 e. The summed E-state index contributed by atoms with van der Waals surface area (Å²) in [5, 5.41) is 5.29. The lowest BCUT2D eigenvalue weighted by atomic mass is 9.74. The Labute approximate surface area is 122 Å². The van der Waals surface area contributed by atoms with Crippen molar-refractivity contribution in [2.24, 2.45) is 16.9 Å². The number of hydrogen-bond donors (Lipinski definition) is 1. The maximum absolute atomic E-state index is 12.1. The van der Waals surface area contributed by atoms with Crippen LogP contribution in [0.1, 0.15) is 23.3 Å². The Morgan fingerprint density at radius 1 is 1.24 bits per heavy atom. The van der Waals surface area contributed by atoms with E-state index in [1.54, 1.807) is 6.07 Å². The summed E-state index contributed by atoms with van der Waals surface area (Å²) in [6, 6.07) is 11.4. The summed E-state index contributed by atoms with van der Waals surface area (Å²) < 4.78 is 0. The number of aromatic nitrogens is 1. The Kier molecular flexibility index (Phi) is 2.81. The van der Waals surface area contributed by atoms with Crippen molar-refractivity contribution in [2.45, 2.75) is 12.8 Å². The first kappa shape index (κ1) is 12.3. The maximum atomic E-state index is 12.1. The predicted octanol–water partition coefficient (Wildman–Crippen LogP) is 2.92. The van der Waals surface area contributed by atoms with E-state index in [0.717, 1.165) is 29.5 Å². The van der Waals surface area contributed by atoms with E-state index in [-0.39, 0.29) is 5.91 Å². The fraction of sp³-hybridized carbons (Fsp3) is 0.235. The number of fused-ring (bicyclic) bond motifs is 2. The van der Waals surface area contributed by atoms with Crippen LogP contribution in [0.15, 0.2) is 53.7 Å². The second-order valence-electron chi connectivity index (χ2n) is 5.57. The molecule has 2 aliphatic rings. The van der Waals surface area contributed by atoms with E-state index in [1.807, 2.05) is 30.3 Å². The summed E-state index contributed by atoms with van der Waals surface area (Å²) in [4.78, 5) is 16.5. The summed E-state index contributed by atoms with van der Waals surface area (Å²) in [7, 11) is 0. The number of hydrogen-bond acceptors (Lipinski definition) is 3. The summed E-state index contributed by atoms with van der Waals surface area (Å²) >= 11 is 0. The van der Waals surface area contributed by atoms with Crippen LogP contribution in [-0.2, 0) is 0 Å². The van der Waals surface area contributed by atoms with Crippen LogP contribution in [0.3, 0.4) is 0 Å². The van der Waals surface area contributed by atoms with Crippen molar-refractivity contribution in [1.29, 1.82) is 0 Å². The second kappa shape index (κ2) is 4.81. The zero-order valence-electron chi connectivity index (χ0n) is 11.5. The molecular formula is C17H15N3O. The highest BCUT2D eigenvalue weighted by molar-refractivity contribution is 5.98. The molecule has 21 heavy (non-hydrogen) atoms. The number of amides is 1. The van der Waals surface area contributed by atoms with Crippen molar-refractivity contribution < 1.29 is 4.79 Å². The van der Waals surface area contributed by atoms with Crippen molar-refractivity contribution in [3.05, 3.63) is 54.2 Å². The van der Waals surface area contributed by atoms with Crippen LogP contribution < -0.4 is 5.43 Å². The van der Waals surface area contributed by atoms with Crippen LogP contribution in [-0.4, -0.2) is 16.6 Å². The van der Waals surface area contributed by atoms with E-state index in [2.05, 4.69) is 27.7 Å². The first-order chi connectivity index (χ1) is 10.3. The minimum Gasteiger partial charge on any atom is -0.266 e. The zero-order chi connectivity index (χ0) is 14.2. The van der Waals surface area contributed by atoms with Gasteiger partial charge in [0.05, 0.1) is 5.52 Å². The molecule has 1 fully saturated rings. The molecule has 4 nitrogen and oxygen atoms in total. The molecule has 0 bridgehead atoms. The molecule has 2 aliphatic carbocycles. The average molecular weight is 277 g/mol. The van der Waals surface area contributed by atoms with Crippen LogP contribution in [0.4, 0.5) is 0 Å². The first-order valence-electron chi connectivity index (χ1n) is 7.20. The van der Waals surface area contributed by atoms with Crippen LogP contribution >= 0.6 is 0 Å². The van der Waals surface area contributed by atoms with Gasteiger partial charge in [0.1, 0.15) is 5.69 Å². The van der Waals surface area contributed by atoms with Gasteiger partial charge in [-0.15, -0.1) is 0 Å². The Balaban J connectivity index is 1.50. The molecule has 1 aromatic heterocycles. The van der Waals surface area contributed by atoms with E-state index in [4.69, 9.17) is 0 Å². The molecule has 1 aromatic carbocycles. The van der Waals surface area contributed by atoms with Gasteiger partial charge in [0.15, 0.2) is 0 Å². The first-order valence-corrected chi connectivity index (χ1v) is 7.20. The summed E-state index contributed by atoms with van der Waals surface area (Å²) in [5.74, 6) is 0.900. The predicted molar refractivity (Wildman–Crippen MR) is 82.0 cm³/mol. The van der Waals surface area contributed by atoms with Gasteiger partial charge in [-0.3, -0.25) is 4.79 Å². The van der Waals surface area contributed by atoms with Gasteiger partial charge in [0.25, 0.3) is 5.91 Å². The van der Waals surface area contributed by atoms with E-state index in [0.29, 0.717) is 17.5 Å². The van der Waals surface area contributed by atoms with Gasteiger partial charge in [-0.25, -0.2) is 10.4 Å². The molecule has 1 saturated carbocycles. The van der Waals surface area contributed by atoms with Crippen molar-refractivity contribution >= 4 is 22.5 Å². The number of rotatable bonds is 2. The highest BCUT2D eigenvalue weighted by atomic mass is 16.2. The molecular weight excluding hydrogens is 262 g/mol. The molecule has 1 heterocycles. The van der Waals surface area contributed by atoms with Crippen LogP contribution in [0.2, 0.25) is 0 Å². The minimum atomic E-state index is -0.248. The Bertz CT molecular complexity index is 778. The highest BCUT2D eigenvalue weighted by Gasteiger charge is 2.38. The molecule has 0 radical (unpaired) electrons.